The van der Waals surface area contributed by atoms with Crippen molar-refractivity contribution in [2.45, 2.75) is 32.6 Å². The lowest BCUT2D eigenvalue weighted by molar-refractivity contribution is 0.146. The van der Waals surface area contributed by atoms with Gasteiger partial charge in [-0.1, -0.05) is 12.1 Å². The van der Waals surface area contributed by atoms with Crippen molar-refractivity contribution in [1.82, 2.24) is 10.6 Å². The molecule has 2 unspecified atom stereocenters. The Hall–Kier alpha value is -1.10. The van der Waals surface area contributed by atoms with Gasteiger partial charge in [0.2, 0.25) is 0 Å². The molecular weight excluding hydrogens is 240 g/mol. The van der Waals surface area contributed by atoms with Gasteiger partial charge in [-0.3, -0.25) is 0 Å². The van der Waals surface area contributed by atoms with E-state index >= 15 is 0 Å². The van der Waals surface area contributed by atoms with Crippen LogP contribution in [0.15, 0.2) is 24.3 Å². The van der Waals surface area contributed by atoms with Crippen LogP contribution in [-0.4, -0.2) is 36.9 Å². The first-order chi connectivity index (χ1) is 9.15. The fourth-order valence-electron chi connectivity index (χ4n) is 2.29. The fourth-order valence-corrected chi connectivity index (χ4v) is 2.29. The predicted octanol–water partition coefficient (Wildman–Crippen LogP) is 1.14. The molecule has 0 aromatic heterocycles. The molecule has 4 heteroatoms. The minimum Gasteiger partial charge on any atom is -0.491 e. The van der Waals surface area contributed by atoms with Crippen molar-refractivity contribution in [2.24, 2.45) is 5.92 Å². The van der Waals surface area contributed by atoms with Gasteiger partial charge < -0.3 is 20.5 Å². The van der Waals surface area contributed by atoms with Crippen molar-refractivity contribution in [2.75, 3.05) is 19.6 Å². The van der Waals surface area contributed by atoms with Gasteiger partial charge in [0.05, 0.1) is 12.2 Å². The van der Waals surface area contributed by atoms with Crippen molar-refractivity contribution in [3.8, 4) is 5.75 Å². The summed E-state index contributed by atoms with van der Waals surface area (Å²) in [7, 11) is 0. The third-order valence-corrected chi connectivity index (χ3v) is 3.33. The van der Waals surface area contributed by atoms with Gasteiger partial charge in [0.25, 0.3) is 0 Å². The van der Waals surface area contributed by atoms with Crippen molar-refractivity contribution in [1.29, 1.82) is 0 Å². The lowest BCUT2D eigenvalue weighted by Crippen LogP contribution is -2.30. The highest BCUT2D eigenvalue weighted by Crippen LogP contribution is 2.14. The van der Waals surface area contributed by atoms with Gasteiger partial charge >= 0.3 is 0 Å². The molecule has 2 rings (SSSR count). The Balaban J connectivity index is 1.73. The van der Waals surface area contributed by atoms with E-state index in [0.29, 0.717) is 12.5 Å². The molecular formula is C15H24N2O2. The molecule has 106 valence electrons. The summed E-state index contributed by atoms with van der Waals surface area (Å²) >= 11 is 0. The minimum absolute atomic E-state index is 0.209. The molecule has 4 nitrogen and oxygen atoms in total. The van der Waals surface area contributed by atoms with Crippen LogP contribution in [-0.2, 0) is 6.54 Å². The summed E-state index contributed by atoms with van der Waals surface area (Å²) < 4.78 is 5.61. The molecule has 19 heavy (non-hydrogen) atoms. The van der Waals surface area contributed by atoms with Gasteiger partial charge in [0, 0.05) is 32.1 Å². The fraction of sp³-hybridized carbons (Fsp3) is 0.600. The summed E-state index contributed by atoms with van der Waals surface area (Å²) in [6.07, 6.45) is -0.00496. The highest BCUT2D eigenvalue weighted by Gasteiger charge is 2.23. The number of ether oxygens (including phenoxy) is 1. The van der Waals surface area contributed by atoms with Gasteiger partial charge in [-0.2, -0.15) is 0 Å². The van der Waals surface area contributed by atoms with E-state index in [0.717, 1.165) is 25.4 Å². The Morgan fingerprint density at radius 3 is 2.63 bits per heavy atom. The van der Waals surface area contributed by atoms with Gasteiger partial charge in [0.15, 0.2) is 0 Å². The van der Waals surface area contributed by atoms with Crippen LogP contribution in [0.1, 0.15) is 19.4 Å². The van der Waals surface area contributed by atoms with Crippen molar-refractivity contribution in [3.05, 3.63) is 29.8 Å². The Morgan fingerprint density at radius 1 is 1.32 bits per heavy atom. The molecule has 1 fully saturated rings. The largest absolute Gasteiger partial charge is 0.491 e. The first-order valence-electron chi connectivity index (χ1n) is 7.00. The number of aliphatic hydroxyl groups is 1. The van der Waals surface area contributed by atoms with Crippen molar-refractivity contribution in [3.63, 3.8) is 0 Å². The molecule has 0 saturated carbocycles. The molecule has 1 heterocycles. The quantitative estimate of drug-likeness (QED) is 0.721. The van der Waals surface area contributed by atoms with E-state index in [4.69, 9.17) is 4.74 Å². The summed E-state index contributed by atoms with van der Waals surface area (Å²) in [4.78, 5) is 0. The Morgan fingerprint density at radius 2 is 2.05 bits per heavy atom. The molecule has 0 amide bonds. The Labute approximate surface area is 115 Å². The van der Waals surface area contributed by atoms with Crippen molar-refractivity contribution < 1.29 is 9.84 Å². The first kappa shape index (κ1) is 14.3. The van der Waals surface area contributed by atoms with E-state index in [-0.39, 0.29) is 12.2 Å². The summed E-state index contributed by atoms with van der Waals surface area (Å²) in [5.74, 6) is 1.23. The summed E-state index contributed by atoms with van der Waals surface area (Å²) in [5.41, 5.74) is 1.23. The SMILES string of the molecule is CC(C)Oc1ccc(CNCC2CNCC2O)cc1. The highest BCUT2D eigenvalue weighted by atomic mass is 16.5. The van der Waals surface area contributed by atoms with Crippen LogP contribution in [0.3, 0.4) is 0 Å². The number of rotatable bonds is 6. The van der Waals surface area contributed by atoms with Crippen LogP contribution in [0.2, 0.25) is 0 Å². The predicted molar refractivity (Wildman–Crippen MR) is 76.3 cm³/mol. The monoisotopic (exact) mass is 264 g/mol. The smallest absolute Gasteiger partial charge is 0.119 e. The van der Waals surface area contributed by atoms with Gasteiger partial charge in [-0.25, -0.2) is 0 Å². The van der Waals surface area contributed by atoms with Gasteiger partial charge in [0.1, 0.15) is 5.75 Å². The minimum atomic E-state index is -0.214. The molecule has 1 aliphatic rings. The Kier molecular flexibility index (Phi) is 5.19. The highest BCUT2D eigenvalue weighted by molar-refractivity contribution is 5.27. The third kappa shape index (κ3) is 4.49. The number of hydrogen-bond acceptors (Lipinski definition) is 4. The number of aliphatic hydroxyl groups excluding tert-OH is 1. The van der Waals surface area contributed by atoms with Gasteiger partial charge in [-0.05, 0) is 31.5 Å². The number of hydrogen-bond donors (Lipinski definition) is 3. The van der Waals surface area contributed by atoms with E-state index in [9.17, 15) is 5.11 Å². The zero-order chi connectivity index (χ0) is 13.7. The Bertz CT molecular complexity index is 378. The molecule has 0 aliphatic carbocycles. The zero-order valence-electron chi connectivity index (χ0n) is 11.7. The molecule has 0 radical (unpaired) electrons. The molecule has 2 atom stereocenters. The average Bonchev–Trinajstić information content (AvgIpc) is 2.77. The van der Waals surface area contributed by atoms with E-state index in [1.807, 2.05) is 26.0 Å². The van der Waals surface area contributed by atoms with Gasteiger partial charge in [-0.15, -0.1) is 0 Å². The van der Waals surface area contributed by atoms with Crippen LogP contribution in [0.25, 0.3) is 0 Å². The molecule has 1 aromatic carbocycles. The normalized spacial score (nSPS) is 22.9. The zero-order valence-corrected chi connectivity index (χ0v) is 11.7. The van der Waals surface area contributed by atoms with Crippen LogP contribution in [0.5, 0.6) is 5.75 Å². The second kappa shape index (κ2) is 6.89. The van der Waals surface area contributed by atoms with E-state index in [2.05, 4.69) is 22.8 Å². The molecule has 0 spiro atoms. The molecule has 0 bridgehead atoms. The lowest BCUT2D eigenvalue weighted by Gasteiger charge is -2.14. The van der Waals surface area contributed by atoms with Crippen LogP contribution < -0.4 is 15.4 Å². The maximum Gasteiger partial charge on any atom is 0.119 e. The third-order valence-electron chi connectivity index (χ3n) is 3.33. The topological polar surface area (TPSA) is 53.5 Å². The molecule has 1 saturated heterocycles. The number of β-amino-alcohol motifs (C(OH)–C–C–N with tert-alkyl or cyclic N) is 1. The standard InChI is InChI=1S/C15H24N2O2/c1-11(2)19-14-5-3-12(4-6-14)7-16-8-13-9-17-10-15(13)18/h3-6,11,13,15-18H,7-10H2,1-2H3. The van der Waals surface area contributed by atoms with Crippen LogP contribution in [0.4, 0.5) is 0 Å². The maximum absolute atomic E-state index is 9.69. The number of benzene rings is 1. The molecule has 1 aliphatic heterocycles. The van der Waals surface area contributed by atoms with Crippen molar-refractivity contribution >= 4 is 0 Å². The first-order valence-corrected chi connectivity index (χ1v) is 7.00. The second-order valence-corrected chi connectivity index (χ2v) is 5.43. The summed E-state index contributed by atoms with van der Waals surface area (Å²) in [5, 5.41) is 16.3. The number of nitrogens with one attached hydrogen (secondary N) is 2. The second-order valence-electron chi connectivity index (χ2n) is 5.43. The van der Waals surface area contributed by atoms with Crippen LogP contribution >= 0.6 is 0 Å². The maximum atomic E-state index is 9.69. The summed E-state index contributed by atoms with van der Waals surface area (Å²) in [6.45, 7) is 7.33. The lowest BCUT2D eigenvalue weighted by atomic mass is 10.1. The van der Waals surface area contributed by atoms with E-state index in [1.165, 1.54) is 5.56 Å². The molecule has 3 N–H and O–H groups in total. The van der Waals surface area contributed by atoms with Crippen LogP contribution in [0, 0.1) is 5.92 Å². The average molecular weight is 264 g/mol. The van der Waals surface area contributed by atoms with E-state index in [1.54, 1.807) is 0 Å². The molecule has 1 aromatic rings. The summed E-state index contributed by atoms with van der Waals surface area (Å²) in [6, 6.07) is 8.16. The van der Waals surface area contributed by atoms with E-state index < -0.39 is 0 Å².